The average molecular weight is 361 g/mol. The lowest BCUT2D eigenvalue weighted by Crippen LogP contribution is -2.10. The third kappa shape index (κ3) is 5.35. The number of aryl methyl sites for hydroxylation is 2. The van der Waals surface area contributed by atoms with Crippen LogP contribution in [0.3, 0.4) is 0 Å². The second-order valence-electron chi connectivity index (χ2n) is 5.43. The van der Waals surface area contributed by atoms with Crippen molar-refractivity contribution < 1.29 is 14.3 Å². The van der Waals surface area contributed by atoms with E-state index >= 15 is 0 Å². The van der Waals surface area contributed by atoms with Crippen LogP contribution in [-0.2, 0) is 22.7 Å². The van der Waals surface area contributed by atoms with E-state index in [0.29, 0.717) is 30.7 Å². The van der Waals surface area contributed by atoms with Gasteiger partial charge in [0.2, 0.25) is 0 Å². The summed E-state index contributed by atoms with van der Waals surface area (Å²) in [7, 11) is 0. The predicted molar refractivity (Wildman–Crippen MR) is 97.8 cm³/mol. The summed E-state index contributed by atoms with van der Waals surface area (Å²) < 4.78 is 12.7. The molecule has 0 aliphatic carbocycles. The minimum atomic E-state index is -0.270. The number of allylic oxidation sites excluding steroid dienone is 1. The highest BCUT2D eigenvalue weighted by Crippen LogP contribution is 2.20. The molecule has 0 radical (unpaired) electrons. The second-order valence-corrected chi connectivity index (χ2v) is 6.37. The Kier molecular flexibility index (Phi) is 7.06. The van der Waals surface area contributed by atoms with Gasteiger partial charge in [-0.2, -0.15) is 0 Å². The molecule has 25 heavy (non-hydrogen) atoms. The lowest BCUT2D eigenvalue weighted by Gasteiger charge is -2.10. The number of nitrogens with zero attached hydrogens (tertiary/aromatic N) is 3. The third-order valence-electron chi connectivity index (χ3n) is 3.58. The van der Waals surface area contributed by atoms with Crippen LogP contribution in [0, 0.1) is 13.8 Å². The van der Waals surface area contributed by atoms with Crippen molar-refractivity contribution in [1.82, 2.24) is 14.8 Å². The van der Waals surface area contributed by atoms with Crippen molar-refractivity contribution in [3.05, 3.63) is 47.8 Å². The van der Waals surface area contributed by atoms with E-state index in [4.69, 9.17) is 9.47 Å². The average Bonchev–Trinajstić information content (AvgIpc) is 2.97. The first kappa shape index (κ1) is 19.1. The molecule has 1 aromatic carbocycles. The van der Waals surface area contributed by atoms with Gasteiger partial charge in [0.25, 0.3) is 0 Å². The Morgan fingerprint density at radius 3 is 2.80 bits per heavy atom. The standard InChI is InChI=1S/C18H23N3O3S/c1-5-9-21-16(11-24-15-8-7-13(3)14(4)10-15)19-20-18(21)25-12-17(22)23-6-2/h5,7-8,10H,1,6,9,11-12H2,2-4H3. The monoisotopic (exact) mass is 361 g/mol. The molecule has 134 valence electrons. The normalized spacial score (nSPS) is 10.5. The smallest absolute Gasteiger partial charge is 0.316 e. The molecule has 0 aliphatic rings. The maximum absolute atomic E-state index is 11.5. The molecule has 0 saturated carbocycles. The van der Waals surface area contributed by atoms with Gasteiger partial charge in [-0.3, -0.25) is 9.36 Å². The summed E-state index contributed by atoms with van der Waals surface area (Å²) in [6.07, 6.45) is 1.76. The van der Waals surface area contributed by atoms with Crippen LogP contribution in [-0.4, -0.2) is 33.1 Å². The molecule has 7 heteroatoms. The van der Waals surface area contributed by atoms with Gasteiger partial charge in [0.15, 0.2) is 11.0 Å². The number of aromatic nitrogens is 3. The molecule has 0 aliphatic heterocycles. The van der Waals surface area contributed by atoms with Crippen LogP contribution in [0.25, 0.3) is 0 Å². The van der Waals surface area contributed by atoms with Crippen LogP contribution >= 0.6 is 11.8 Å². The highest BCUT2D eigenvalue weighted by atomic mass is 32.2. The lowest BCUT2D eigenvalue weighted by atomic mass is 10.1. The van der Waals surface area contributed by atoms with E-state index in [1.165, 1.54) is 22.9 Å². The lowest BCUT2D eigenvalue weighted by molar-refractivity contribution is -0.139. The first-order valence-corrected chi connectivity index (χ1v) is 9.05. The fraction of sp³-hybridized carbons (Fsp3) is 0.389. The van der Waals surface area contributed by atoms with Gasteiger partial charge in [0.1, 0.15) is 12.4 Å². The first-order valence-electron chi connectivity index (χ1n) is 8.06. The molecule has 0 amide bonds. The zero-order valence-electron chi connectivity index (χ0n) is 14.8. The van der Waals surface area contributed by atoms with Gasteiger partial charge in [0.05, 0.1) is 12.4 Å². The van der Waals surface area contributed by atoms with Crippen molar-refractivity contribution in [3.63, 3.8) is 0 Å². The van der Waals surface area contributed by atoms with Gasteiger partial charge < -0.3 is 9.47 Å². The van der Waals surface area contributed by atoms with Crippen LogP contribution in [0.15, 0.2) is 36.0 Å². The number of carbonyl (C=O) groups is 1. The van der Waals surface area contributed by atoms with Crippen LogP contribution in [0.4, 0.5) is 0 Å². The van der Waals surface area contributed by atoms with Gasteiger partial charge in [-0.15, -0.1) is 16.8 Å². The highest BCUT2D eigenvalue weighted by Gasteiger charge is 2.14. The van der Waals surface area contributed by atoms with Crippen molar-refractivity contribution in [2.45, 2.75) is 39.1 Å². The van der Waals surface area contributed by atoms with E-state index < -0.39 is 0 Å². The van der Waals surface area contributed by atoms with E-state index in [0.717, 1.165) is 5.75 Å². The van der Waals surface area contributed by atoms with Gasteiger partial charge in [-0.05, 0) is 44.0 Å². The fourth-order valence-electron chi connectivity index (χ4n) is 2.12. The summed E-state index contributed by atoms with van der Waals surface area (Å²) in [6.45, 7) is 10.9. The van der Waals surface area contributed by atoms with Gasteiger partial charge in [-0.1, -0.05) is 23.9 Å². The molecule has 0 unspecified atom stereocenters. The Labute approximate surface area is 152 Å². The number of hydrogen-bond donors (Lipinski definition) is 0. The minimum absolute atomic E-state index is 0.196. The molecule has 6 nitrogen and oxygen atoms in total. The van der Waals surface area contributed by atoms with Crippen molar-refractivity contribution in [1.29, 1.82) is 0 Å². The fourth-order valence-corrected chi connectivity index (χ4v) is 2.89. The number of rotatable bonds is 9. The Balaban J connectivity index is 2.05. The number of carbonyl (C=O) groups excluding carboxylic acids is 1. The van der Waals surface area contributed by atoms with E-state index in [1.54, 1.807) is 13.0 Å². The van der Waals surface area contributed by atoms with Crippen LogP contribution < -0.4 is 4.74 Å². The summed E-state index contributed by atoms with van der Waals surface area (Å²) >= 11 is 1.29. The Morgan fingerprint density at radius 2 is 2.12 bits per heavy atom. The summed E-state index contributed by atoms with van der Waals surface area (Å²) in [5, 5.41) is 8.98. The number of ether oxygens (including phenoxy) is 2. The van der Waals surface area contributed by atoms with Gasteiger partial charge in [-0.25, -0.2) is 0 Å². The Hall–Kier alpha value is -2.28. The minimum Gasteiger partial charge on any atom is -0.486 e. The summed E-state index contributed by atoms with van der Waals surface area (Å²) in [4.78, 5) is 11.5. The molecule has 2 aromatic rings. The molecular weight excluding hydrogens is 338 g/mol. The van der Waals surface area contributed by atoms with Crippen molar-refractivity contribution in [3.8, 4) is 5.75 Å². The van der Waals surface area contributed by atoms with E-state index in [2.05, 4.69) is 23.7 Å². The van der Waals surface area contributed by atoms with E-state index in [1.807, 2.05) is 29.7 Å². The number of thioether (sulfide) groups is 1. The highest BCUT2D eigenvalue weighted by molar-refractivity contribution is 7.99. The summed E-state index contributed by atoms with van der Waals surface area (Å²) in [5.41, 5.74) is 2.40. The number of hydrogen-bond acceptors (Lipinski definition) is 6. The van der Waals surface area contributed by atoms with Crippen molar-refractivity contribution in [2.75, 3.05) is 12.4 Å². The van der Waals surface area contributed by atoms with Crippen LogP contribution in [0.5, 0.6) is 5.75 Å². The van der Waals surface area contributed by atoms with E-state index in [-0.39, 0.29) is 11.7 Å². The molecule has 0 saturated heterocycles. The molecule has 0 spiro atoms. The summed E-state index contributed by atoms with van der Waals surface area (Å²) in [5.74, 6) is 1.40. The first-order chi connectivity index (χ1) is 12.0. The molecule has 2 rings (SSSR count). The van der Waals surface area contributed by atoms with Gasteiger partial charge >= 0.3 is 5.97 Å². The Morgan fingerprint density at radius 1 is 1.32 bits per heavy atom. The largest absolute Gasteiger partial charge is 0.486 e. The summed E-state index contributed by atoms with van der Waals surface area (Å²) in [6, 6.07) is 5.96. The van der Waals surface area contributed by atoms with Crippen molar-refractivity contribution in [2.24, 2.45) is 0 Å². The Bertz CT molecular complexity index is 743. The zero-order chi connectivity index (χ0) is 18.2. The third-order valence-corrected chi connectivity index (χ3v) is 4.52. The SMILES string of the molecule is C=CCn1c(COc2ccc(C)c(C)c2)nnc1SCC(=O)OCC. The molecule has 1 aromatic heterocycles. The quantitative estimate of drug-likeness (QED) is 0.388. The van der Waals surface area contributed by atoms with E-state index in [9.17, 15) is 4.79 Å². The molecule has 0 N–H and O–H groups in total. The maximum Gasteiger partial charge on any atom is 0.316 e. The molecule has 1 heterocycles. The van der Waals surface area contributed by atoms with Gasteiger partial charge in [0, 0.05) is 6.54 Å². The molecule has 0 bridgehead atoms. The number of esters is 1. The molecule has 0 fully saturated rings. The molecular formula is C18H23N3O3S. The number of benzene rings is 1. The predicted octanol–water partition coefficient (Wildman–Crippen LogP) is 3.32. The maximum atomic E-state index is 11.5. The zero-order valence-corrected chi connectivity index (χ0v) is 15.6. The second kappa shape index (κ2) is 9.27. The van der Waals surface area contributed by atoms with Crippen molar-refractivity contribution >= 4 is 17.7 Å². The molecule has 0 atom stereocenters. The van der Waals surface area contributed by atoms with Crippen LogP contribution in [0.2, 0.25) is 0 Å². The van der Waals surface area contributed by atoms with Crippen LogP contribution in [0.1, 0.15) is 23.9 Å². The topological polar surface area (TPSA) is 66.2 Å².